The van der Waals surface area contributed by atoms with E-state index >= 15 is 0 Å². The third-order valence-corrected chi connectivity index (χ3v) is 6.51. The summed E-state index contributed by atoms with van der Waals surface area (Å²) in [6.07, 6.45) is 0.798. The van der Waals surface area contributed by atoms with Gasteiger partial charge < -0.3 is 0 Å². The van der Waals surface area contributed by atoms with Crippen LogP contribution in [-0.4, -0.2) is 37.1 Å². The maximum absolute atomic E-state index is 13.1. The van der Waals surface area contributed by atoms with Crippen LogP contribution in [0.25, 0.3) is 0 Å². The first kappa shape index (κ1) is 20.2. The van der Waals surface area contributed by atoms with Gasteiger partial charge in [0.05, 0.1) is 4.90 Å². The molecule has 2 aromatic carbocycles. The van der Waals surface area contributed by atoms with Gasteiger partial charge in [-0.1, -0.05) is 11.6 Å². The van der Waals surface area contributed by atoms with Gasteiger partial charge in [0.15, 0.2) is 0 Å². The summed E-state index contributed by atoms with van der Waals surface area (Å²) in [4.78, 5) is 24.4. The normalized spacial score (nSPS) is 17.3. The summed E-state index contributed by atoms with van der Waals surface area (Å²) in [5.41, 5.74) is 4.81. The van der Waals surface area contributed by atoms with E-state index < -0.39 is 33.7 Å². The average molecular weight is 426 g/mol. The summed E-state index contributed by atoms with van der Waals surface area (Å²) in [5.74, 6) is -1.76. The Hall–Kier alpha value is -2.49. The van der Waals surface area contributed by atoms with E-state index in [1.54, 1.807) is 0 Å². The molecule has 0 aromatic heterocycles. The van der Waals surface area contributed by atoms with E-state index in [-0.39, 0.29) is 17.0 Å². The molecule has 10 heteroatoms. The summed E-state index contributed by atoms with van der Waals surface area (Å²) < 4.78 is 39.7. The number of hydrogen-bond acceptors (Lipinski definition) is 4. The lowest BCUT2D eigenvalue weighted by molar-refractivity contribution is -0.125. The molecular formula is C18H17ClFN3O4S. The van der Waals surface area contributed by atoms with Crippen molar-refractivity contribution in [3.05, 3.63) is 64.9 Å². The predicted molar refractivity (Wildman–Crippen MR) is 100 cm³/mol. The average Bonchev–Trinajstić information content (AvgIpc) is 3.17. The Morgan fingerprint density at radius 1 is 1.04 bits per heavy atom. The molecule has 2 amide bonds. The fraction of sp³-hybridized carbons (Fsp3) is 0.222. The van der Waals surface area contributed by atoms with Gasteiger partial charge in [0, 0.05) is 17.1 Å². The van der Waals surface area contributed by atoms with Crippen LogP contribution < -0.4 is 10.9 Å². The highest BCUT2D eigenvalue weighted by Gasteiger charge is 2.39. The molecule has 0 bridgehead atoms. The maximum atomic E-state index is 13.1. The van der Waals surface area contributed by atoms with Crippen LogP contribution in [0.4, 0.5) is 4.39 Å². The van der Waals surface area contributed by atoms with Gasteiger partial charge in [0.1, 0.15) is 11.9 Å². The highest BCUT2D eigenvalue weighted by Crippen LogP contribution is 2.26. The van der Waals surface area contributed by atoms with Crippen LogP contribution >= 0.6 is 11.6 Å². The van der Waals surface area contributed by atoms with Gasteiger partial charge in [-0.25, -0.2) is 12.8 Å². The molecule has 1 heterocycles. The zero-order valence-electron chi connectivity index (χ0n) is 14.6. The number of amides is 2. The first-order valence-corrected chi connectivity index (χ1v) is 10.2. The van der Waals surface area contributed by atoms with Crippen molar-refractivity contribution in [1.29, 1.82) is 0 Å². The largest absolute Gasteiger partial charge is 0.271 e. The molecule has 1 atom stereocenters. The predicted octanol–water partition coefficient (Wildman–Crippen LogP) is 2.09. The minimum absolute atomic E-state index is 0.0983. The zero-order chi connectivity index (χ0) is 20.3. The summed E-state index contributed by atoms with van der Waals surface area (Å²) in [5, 5.41) is 0.466. The first-order valence-electron chi connectivity index (χ1n) is 8.42. The standard InChI is InChI=1S/C18H17ClFN3O4S/c19-13-5-3-12(4-6-13)17(24)21-22-18(25)16-2-1-11-23(16)28(26,27)15-9-7-14(20)8-10-15/h3-10,16H,1-2,11H2,(H,21,24)(H,22,25). The number of carbonyl (C=O) groups excluding carboxylic acids is 2. The van der Waals surface area contributed by atoms with Gasteiger partial charge in [-0.05, 0) is 61.4 Å². The Kier molecular flexibility index (Phi) is 5.97. The van der Waals surface area contributed by atoms with Crippen molar-refractivity contribution < 1.29 is 22.4 Å². The summed E-state index contributed by atoms with van der Waals surface area (Å²) in [6.45, 7) is 0.156. The number of nitrogens with one attached hydrogen (secondary N) is 2. The van der Waals surface area contributed by atoms with E-state index in [1.165, 1.54) is 24.3 Å². The Labute approximate surface area is 166 Å². The van der Waals surface area contributed by atoms with E-state index in [1.807, 2.05) is 0 Å². The molecule has 148 valence electrons. The molecule has 0 aliphatic carbocycles. The molecule has 1 aliphatic rings. The van der Waals surface area contributed by atoms with Gasteiger partial charge in [0.25, 0.3) is 11.8 Å². The topological polar surface area (TPSA) is 95.6 Å². The zero-order valence-corrected chi connectivity index (χ0v) is 16.1. The molecular weight excluding hydrogens is 409 g/mol. The van der Waals surface area contributed by atoms with Crippen molar-refractivity contribution in [1.82, 2.24) is 15.2 Å². The Bertz CT molecular complexity index is 981. The third kappa shape index (κ3) is 4.32. The number of hydrogen-bond donors (Lipinski definition) is 2. The first-order chi connectivity index (χ1) is 13.3. The highest BCUT2D eigenvalue weighted by molar-refractivity contribution is 7.89. The molecule has 3 rings (SSSR count). The van der Waals surface area contributed by atoms with E-state index in [2.05, 4.69) is 10.9 Å². The lowest BCUT2D eigenvalue weighted by Gasteiger charge is -2.23. The number of carbonyl (C=O) groups is 2. The van der Waals surface area contributed by atoms with Crippen LogP contribution in [0.2, 0.25) is 5.02 Å². The molecule has 7 nitrogen and oxygen atoms in total. The summed E-state index contributed by atoms with van der Waals surface area (Å²) >= 11 is 5.76. The van der Waals surface area contributed by atoms with Crippen LogP contribution in [0.15, 0.2) is 53.4 Å². The second-order valence-corrected chi connectivity index (χ2v) is 8.50. The Morgan fingerprint density at radius 3 is 2.32 bits per heavy atom. The van der Waals surface area contributed by atoms with Crippen molar-refractivity contribution in [2.75, 3.05) is 6.54 Å². The van der Waals surface area contributed by atoms with Gasteiger partial charge in [-0.2, -0.15) is 4.31 Å². The van der Waals surface area contributed by atoms with Crippen molar-refractivity contribution >= 4 is 33.4 Å². The Morgan fingerprint density at radius 2 is 1.68 bits per heavy atom. The van der Waals surface area contributed by atoms with E-state index in [0.29, 0.717) is 17.9 Å². The lowest BCUT2D eigenvalue weighted by Crippen LogP contribution is -2.51. The number of sulfonamides is 1. The van der Waals surface area contributed by atoms with Crippen LogP contribution in [0.3, 0.4) is 0 Å². The van der Waals surface area contributed by atoms with Gasteiger partial charge >= 0.3 is 0 Å². The molecule has 1 saturated heterocycles. The number of nitrogens with zero attached hydrogens (tertiary/aromatic N) is 1. The van der Waals surface area contributed by atoms with Crippen molar-refractivity contribution in [2.24, 2.45) is 0 Å². The fourth-order valence-corrected chi connectivity index (χ4v) is 4.69. The summed E-state index contributed by atoms with van der Waals surface area (Å²) in [7, 11) is -3.97. The molecule has 2 aromatic rings. The lowest BCUT2D eigenvalue weighted by atomic mass is 10.2. The second kappa shape index (κ2) is 8.26. The van der Waals surface area contributed by atoms with Crippen LogP contribution in [-0.2, 0) is 14.8 Å². The van der Waals surface area contributed by atoms with Gasteiger partial charge in [0.2, 0.25) is 10.0 Å². The molecule has 0 saturated carbocycles. The molecule has 1 unspecified atom stereocenters. The monoisotopic (exact) mass is 425 g/mol. The highest BCUT2D eigenvalue weighted by atomic mass is 35.5. The molecule has 1 aliphatic heterocycles. The fourth-order valence-electron chi connectivity index (χ4n) is 2.91. The SMILES string of the molecule is O=C(NNC(=O)C1CCCN1S(=O)(=O)c1ccc(F)cc1)c1ccc(Cl)cc1. The quantitative estimate of drug-likeness (QED) is 0.733. The second-order valence-electron chi connectivity index (χ2n) is 6.18. The molecule has 1 fully saturated rings. The molecule has 28 heavy (non-hydrogen) atoms. The molecule has 2 N–H and O–H groups in total. The Balaban J connectivity index is 1.68. The van der Waals surface area contributed by atoms with Crippen molar-refractivity contribution in [3.8, 4) is 0 Å². The van der Waals surface area contributed by atoms with Crippen LogP contribution in [0.5, 0.6) is 0 Å². The minimum Gasteiger partial charge on any atom is -0.271 e. The third-order valence-electron chi connectivity index (χ3n) is 4.33. The number of benzene rings is 2. The summed E-state index contributed by atoms with van der Waals surface area (Å²) in [6, 6.07) is 9.48. The van der Waals surface area contributed by atoms with Crippen molar-refractivity contribution in [3.63, 3.8) is 0 Å². The maximum Gasteiger partial charge on any atom is 0.269 e. The van der Waals surface area contributed by atoms with E-state index in [4.69, 9.17) is 11.6 Å². The van der Waals surface area contributed by atoms with Gasteiger partial charge in [-0.3, -0.25) is 20.4 Å². The molecule has 0 spiro atoms. The van der Waals surface area contributed by atoms with Gasteiger partial charge in [-0.15, -0.1) is 0 Å². The smallest absolute Gasteiger partial charge is 0.269 e. The number of halogens is 2. The van der Waals surface area contributed by atoms with Crippen LogP contribution in [0.1, 0.15) is 23.2 Å². The number of rotatable bonds is 4. The van der Waals surface area contributed by atoms with Crippen LogP contribution in [0, 0.1) is 5.82 Å². The van der Waals surface area contributed by atoms with E-state index in [0.717, 1.165) is 28.6 Å². The molecule has 0 radical (unpaired) electrons. The minimum atomic E-state index is -3.97. The van der Waals surface area contributed by atoms with E-state index in [9.17, 15) is 22.4 Å². The van der Waals surface area contributed by atoms with Crippen molar-refractivity contribution in [2.45, 2.75) is 23.8 Å². The number of hydrazine groups is 1.